The van der Waals surface area contributed by atoms with E-state index in [2.05, 4.69) is 9.80 Å². The van der Waals surface area contributed by atoms with Gasteiger partial charge in [-0.05, 0) is 88.7 Å². The smallest absolute Gasteiger partial charge is 0.260 e. The number of nitrogens with zero attached hydrogens (tertiary/aromatic N) is 2. The van der Waals surface area contributed by atoms with Gasteiger partial charge in [0.1, 0.15) is 5.75 Å². The van der Waals surface area contributed by atoms with Gasteiger partial charge in [0.05, 0.1) is 0 Å². The number of rotatable bonds is 6. The number of amides is 1. The number of hydrogen-bond donors (Lipinski definition) is 0. The second-order valence-electron chi connectivity index (χ2n) is 7.73. The number of likely N-dealkylation sites (tertiary alicyclic amines) is 2. The van der Waals surface area contributed by atoms with Crippen LogP contribution in [0.5, 0.6) is 5.75 Å². The highest BCUT2D eigenvalue weighted by Crippen LogP contribution is 2.26. The van der Waals surface area contributed by atoms with E-state index in [1.807, 2.05) is 26.0 Å². The Bertz CT molecular complexity index is 610. The molecular formula is C21H32Cl2N2O2. The van der Waals surface area contributed by atoms with E-state index in [-0.39, 0.29) is 24.9 Å². The molecule has 0 bridgehead atoms. The molecule has 1 aromatic rings. The predicted octanol–water partition coefficient (Wildman–Crippen LogP) is 4.62. The Morgan fingerprint density at radius 1 is 1.11 bits per heavy atom. The van der Waals surface area contributed by atoms with Gasteiger partial charge < -0.3 is 14.5 Å². The van der Waals surface area contributed by atoms with Crippen LogP contribution >= 0.6 is 24.0 Å². The molecule has 1 aromatic carbocycles. The van der Waals surface area contributed by atoms with Gasteiger partial charge in [-0.25, -0.2) is 0 Å². The standard InChI is InChI=1S/C21H31ClN2O2.ClH/c1-16-13-19(14-17(2)21(16)22)26-15-20(25)24-11-4-3-7-18(24)8-12-23-9-5-6-10-23;/h13-14,18H,3-12,15H2,1-2H3;1H. The Morgan fingerprint density at radius 3 is 2.41 bits per heavy atom. The molecule has 6 heteroatoms. The molecule has 0 aromatic heterocycles. The third-order valence-electron chi connectivity index (χ3n) is 5.70. The highest BCUT2D eigenvalue weighted by molar-refractivity contribution is 6.32. The van der Waals surface area contributed by atoms with E-state index in [0.29, 0.717) is 6.04 Å². The zero-order chi connectivity index (χ0) is 18.5. The maximum Gasteiger partial charge on any atom is 0.260 e. The van der Waals surface area contributed by atoms with Gasteiger partial charge in [0.2, 0.25) is 0 Å². The fraction of sp³-hybridized carbons (Fsp3) is 0.667. The Morgan fingerprint density at radius 2 is 1.74 bits per heavy atom. The summed E-state index contributed by atoms with van der Waals surface area (Å²) in [5, 5.41) is 0.765. The van der Waals surface area contributed by atoms with Crippen molar-refractivity contribution in [1.29, 1.82) is 0 Å². The minimum atomic E-state index is 0. The minimum absolute atomic E-state index is 0. The van der Waals surface area contributed by atoms with E-state index < -0.39 is 0 Å². The lowest BCUT2D eigenvalue weighted by Gasteiger charge is -2.36. The number of carbonyl (C=O) groups excluding carboxylic acids is 1. The first kappa shape index (κ1) is 22.3. The fourth-order valence-corrected chi connectivity index (χ4v) is 4.29. The molecule has 0 spiro atoms. The molecule has 152 valence electrons. The highest BCUT2D eigenvalue weighted by Gasteiger charge is 2.27. The zero-order valence-corrected chi connectivity index (χ0v) is 18.1. The average molecular weight is 415 g/mol. The summed E-state index contributed by atoms with van der Waals surface area (Å²) < 4.78 is 5.80. The Hall–Kier alpha value is -0.970. The first-order chi connectivity index (χ1) is 12.5. The number of carbonyl (C=O) groups is 1. The van der Waals surface area contributed by atoms with Gasteiger partial charge in [-0.1, -0.05) is 11.6 Å². The first-order valence-electron chi connectivity index (χ1n) is 9.96. The molecule has 0 saturated carbocycles. The van der Waals surface area contributed by atoms with Crippen molar-refractivity contribution >= 4 is 29.9 Å². The number of piperidine rings is 1. The molecule has 2 saturated heterocycles. The van der Waals surface area contributed by atoms with Crippen LogP contribution in [-0.4, -0.2) is 54.5 Å². The molecular weight excluding hydrogens is 383 g/mol. The summed E-state index contributed by atoms with van der Waals surface area (Å²) in [4.78, 5) is 17.4. The third-order valence-corrected chi connectivity index (χ3v) is 6.29. The number of benzene rings is 1. The molecule has 2 heterocycles. The highest BCUT2D eigenvalue weighted by atomic mass is 35.5. The number of aryl methyl sites for hydroxylation is 2. The molecule has 1 amide bonds. The lowest BCUT2D eigenvalue weighted by Crippen LogP contribution is -2.47. The van der Waals surface area contributed by atoms with Crippen molar-refractivity contribution in [3.05, 3.63) is 28.3 Å². The molecule has 2 aliphatic heterocycles. The van der Waals surface area contributed by atoms with Crippen LogP contribution in [0.25, 0.3) is 0 Å². The Labute approximate surface area is 174 Å². The molecule has 27 heavy (non-hydrogen) atoms. The van der Waals surface area contributed by atoms with E-state index in [1.54, 1.807) is 0 Å². The number of hydrogen-bond acceptors (Lipinski definition) is 3. The van der Waals surface area contributed by atoms with Crippen molar-refractivity contribution in [2.75, 3.05) is 32.8 Å². The second-order valence-corrected chi connectivity index (χ2v) is 8.11. The zero-order valence-electron chi connectivity index (χ0n) is 16.5. The van der Waals surface area contributed by atoms with Gasteiger partial charge in [0.15, 0.2) is 6.61 Å². The Balaban J connectivity index is 0.00000261. The van der Waals surface area contributed by atoms with Crippen LogP contribution < -0.4 is 4.74 Å². The summed E-state index contributed by atoms with van der Waals surface area (Å²) in [6, 6.07) is 4.18. The first-order valence-corrected chi connectivity index (χ1v) is 10.3. The van der Waals surface area contributed by atoms with E-state index in [0.717, 1.165) is 54.3 Å². The predicted molar refractivity (Wildman–Crippen MR) is 113 cm³/mol. The topological polar surface area (TPSA) is 32.8 Å². The summed E-state index contributed by atoms with van der Waals surface area (Å²) in [7, 11) is 0. The van der Waals surface area contributed by atoms with Crippen molar-refractivity contribution in [2.24, 2.45) is 0 Å². The summed E-state index contributed by atoms with van der Waals surface area (Å²) in [5.41, 5.74) is 1.96. The summed E-state index contributed by atoms with van der Waals surface area (Å²) in [6.45, 7) is 8.46. The largest absolute Gasteiger partial charge is 0.484 e. The minimum Gasteiger partial charge on any atom is -0.484 e. The van der Waals surface area contributed by atoms with Crippen LogP contribution in [0, 0.1) is 13.8 Å². The molecule has 1 unspecified atom stereocenters. The quantitative estimate of drug-likeness (QED) is 0.680. The Kier molecular flexibility index (Phi) is 8.71. The van der Waals surface area contributed by atoms with E-state index in [9.17, 15) is 4.79 Å². The van der Waals surface area contributed by atoms with Crippen LogP contribution in [-0.2, 0) is 4.79 Å². The maximum atomic E-state index is 12.8. The summed E-state index contributed by atoms with van der Waals surface area (Å²) >= 11 is 6.21. The van der Waals surface area contributed by atoms with E-state index >= 15 is 0 Å². The van der Waals surface area contributed by atoms with Crippen LogP contribution in [0.3, 0.4) is 0 Å². The van der Waals surface area contributed by atoms with Crippen molar-refractivity contribution in [3.8, 4) is 5.75 Å². The van der Waals surface area contributed by atoms with Gasteiger partial charge in [0.25, 0.3) is 5.91 Å². The SMILES string of the molecule is Cc1cc(OCC(=O)N2CCCCC2CCN2CCCC2)cc(C)c1Cl.Cl. The monoisotopic (exact) mass is 414 g/mol. The van der Waals surface area contributed by atoms with Crippen molar-refractivity contribution in [1.82, 2.24) is 9.80 Å². The molecule has 0 N–H and O–H groups in total. The third kappa shape index (κ3) is 6.00. The molecule has 4 nitrogen and oxygen atoms in total. The van der Waals surface area contributed by atoms with E-state index in [1.165, 1.54) is 32.4 Å². The maximum absolute atomic E-state index is 12.8. The lowest BCUT2D eigenvalue weighted by atomic mass is 9.99. The van der Waals surface area contributed by atoms with Crippen LogP contribution in [0.15, 0.2) is 12.1 Å². The average Bonchev–Trinajstić information content (AvgIpc) is 3.16. The van der Waals surface area contributed by atoms with Crippen LogP contribution in [0.1, 0.15) is 49.7 Å². The van der Waals surface area contributed by atoms with E-state index in [4.69, 9.17) is 16.3 Å². The normalized spacial score (nSPS) is 20.4. The van der Waals surface area contributed by atoms with Crippen LogP contribution in [0.2, 0.25) is 5.02 Å². The van der Waals surface area contributed by atoms with Crippen LogP contribution in [0.4, 0.5) is 0 Å². The number of ether oxygens (including phenoxy) is 1. The van der Waals surface area contributed by atoms with Gasteiger partial charge >= 0.3 is 0 Å². The van der Waals surface area contributed by atoms with Crippen molar-refractivity contribution in [3.63, 3.8) is 0 Å². The molecule has 0 radical (unpaired) electrons. The van der Waals surface area contributed by atoms with Gasteiger partial charge in [-0.15, -0.1) is 12.4 Å². The van der Waals surface area contributed by atoms with Gasteiger partial charge in [-0.3, -0.25) is 4.79 Å². The molecule has 3 rings (SSSR count). The van der Waals surface area contributed by atoms with Gasteiger partial charge in [0, 0.05) is 24.2 Å². The molecule has 1 atom stereocenters. The van der Waals surface area contributed by atoms with Gasteiger partial charge in [-0.2, -0.15) is 0 Å². The molecule has 2 fully saturated rings. The van der Waals surface area contributed by atoms with Crippen molar-refractivity contribution < 1.29 is 9.53 Å². The second kappa shape index (κ2) is 10.5. The summed E-state index contributed by atoms with van der Waals surface area (Å²) in [5.74, 6) is 0.838. The molecule has 0 aliphatic carbocycles. The number of halogens is 2. The summed E-state index contributed by atoms with van der Waals surface area (Å²) in [6.07, 6.45) is 7.18. The molecule has 2 aliphatic rings. The fourth-order valence-electron chi connectivity index (χ4n) is 4.18. The lowest BCUT2D eigenvalue weighted by molar-refractivity contribution is -0.137. The van der Waals surface area contributed by atoms with Crippen molar-refractivity contribution in [2.45, 2.75) is 58.4 Å².